The summed E-state index contributed by atoms with van der Waals surface area (Å²) in [4.78, 5) is 10.1. The Kier molecular flexibility index (Phi) is 5.51. The van der Waals surface area contributed by atoms with Gasteiger partial charge in [-0.2, -0.15) is 0 Å². The van der Waals surface area contributed by atoms with Gasteiger partial charge in [-0.25, -0.2) is 4.79 Å². The second-order valence-corrected chi connectivity index (χ2v) is 4.30. The Morgan fingerprint density at radius 2 is 1.75 bits per heavy atom. The first-order chi connectivity index (χ1) is 7.63. The molecule has 0 saturated heterocycles. The standard InChI is InChI=1S/C10H22N4O2/c11-8-7(9(8)12)3-6-13-4-1-2-5-14-10(15)16/h7-9,13-14H,1-6,11-12H2,(H,15,16). The van der Waals surface area contributed by atoms with Crippen LogP contribution < -0.4 is 22.1 Å². The zero-order valence-corrected chi connectivity index (χ0v) is 9.48. The normalized spacial score (nSPS) is 27.8. The van der Waals surface area contributed by atoms with E-state index in [-0.39, 0.29) is 12.1 Å². The number of nitrogens with one attached hydrogen (secondary N) is 2. The Balaban J connectivity index is 1.77. The van der Waals surface area contributed by atoms with Crippen molar-refractivity contribution >= 4 is 6.09 Å². The topological polar surface area (TPSA) is 113 Å². The Bertz CT molecular complexity index is 217. The number of amides is 1. The van der Waals surface area contributed by atoms with Gasteiger partial charge in [-0.15, -0.1) is 0 Å². The Morgan fingerprint density at radius 3 is 2.31 bits per heavy atom. The molecule has 1 rings (SSSR count). The molecule has 1 saturated carbocycles. The molecule has 1 aliphatic carbocycles. The highest BCUT2D eigenvalue weighted by atomic mass is 16.4. The van der Waals surface area contributed by atoms with Gasteiger partial charge in [0, 0.05) is 18.6 Å². The third kappa shape index (κ3) is 4.78. The molecule has 0 aromatic carbocycles. The van der Waals surface area contributed by atoms with E-state index in [0.29, 0.717) is 12.5 Å². The van der Waals surface area contributed by atoms with Crippen LogP contribution in [-0.2, 0) is 0 Å². The van der Waals surface area contributed by atoms with E-state index in [1.54, 1.807) is 0 Å². The maximum atomic E-state index is 10.1. The fourth-order valence-electron chi connectivity index (χ4n) is 1.78. The first-order valence-corrected chi connectivity index (χ1v) is 5.81. The van der Waals surface area contributed by atoms with Crippen LogP contribution in [0.5, 0.6) is 0 Å². The predicted molar refractivity (Wildman–Crippen MR) is 62.2 cm³/mol. The van der Waals surface area contributed by atoms with Crippen molar-refractivity contribution in [2.24, 2.45) is 17.4 Å². The summed E-state index contributed by atoms with van der Waals surface area (Å²) in [6.07, 6.45) is 1.92. The summed E-state index contributed by atoms with van der Waals surface area (Å²) in [5.74, 6) is 0.487. The molecule has 1 amide bonds. The lowest BCUT2D eigenvalue weighted by molar-refractivity contribution is 0.194. The van der Waals surface area contributed by atoms with Crippen LogP contribution in [0.4, 0.5) is 4.79 Å². The summed E-state index contributed by atoms with van der Waals surface area (Å²) in [6.45, 7) is 2.38. The van der Waals surface area contributed by atoms with Gasteiger partial charge in [0.1, 0.15) is 0 Å². The van der Waals surface area contributed by atoms with E-state index >= 15 is 0 Å². The molecule has 94 valence electrons. The number of carbonyl (C=O) groups is 1. The van der Waals surface area contributed by atoms with Crippen molar-refractivity contribution in [3.05, 3.63) is 0 Å². The first-order valence-electron chi connectivity index (χ1n) is 5.81. The highest BCUT2D eigenvalue weighted by molar-refractivity contribution is 5.64. The molecule has 0 aromatic rings. The summed E-state index contributed by atoms with van der Waals surface area (Å²) >= 11 is 0. The van der Waals surface area contributed by atoms with E-state index in [2.05, 4.69) is 10.6 Å². The average Bonchev–Trinajstić information content (AvgIpc) is 2.79. The van der Waals surface area contributed by atoms with Gasteiger partial charge >= 0.3 is 6.09 Å². The molecular formula is C10H22N4O2. The van der Waals surface area contributed by atoms with Gasteiger partial charge in [-0.1, -0.05) is 0 Å². The number of hydrogen-bond donors (Lipinski definition) is 5. The lowest BCUT2D eigenvalue weighted by Gasteiger charge is -2.04. The molecule has 7 N–H and O–H groups in total. The quantitative estimate of drug-likeness (QED) is 0.354. The van der Waals surface area contributed by atoms with Crippen LogP contribution in [0.2, 0.25) is 0 Å². The highest BCUT2D eigenvalue weighted by Crippen LogP contribution is 2.29. The van der Waals surface area contributed by atoms with Crippen LogP contribution >= 0.6 is 0 Å². The van der Waals surface area contributed by atoms with E-state index < -0.39 is 6.09 Å². The monoisotopic (exact) mass is 230 g/mol. The average molecular weight is 230 g/mol. The zero-order chi connectivity index (χ0) is 12.0. The maximum Gasteiger partial charge on any atom is 0.404 e. The lowest BCUT2D eigenvalue weighted by atomic mass is 10.2. The van der Waals surface area contributed by atoms with Gasteiger partial charge in [0.05, 0.1) is 0 Å². The SMILES string of the molecule is NC1C(N)C1CCNCCCCNC(=O)O. The number of rotatable bonds is 8. The molecule has 0 bridgehead atoms. The summed E-state index contributed by atoms with van der Waals surface area (Å²) in [5, 5.41) is 14.0. The van der Waals surface area contributed by atoms with E-state index in [9.17, 15) is 4.79 Å². The minimum atomic E-state index is -0.954. The molecular weight excluding hydrogens is 208 g/mol. The molecule has 6 heteroatoms. The second kappa shape index (κ2) is 6.67. The second-order valence-electron chi connectivity index (χ2n) is 4.30. The van der Waals surface area contributed by atoms with Crippen LogP contribution in [0, 0.1) is 5.92 Å². The van der Waals surface area contributed by atoms with Gasteiger partial charge in [0.25, 0.3) is 0 Å². The summed E-state index contributed by atoms with van der Waals surface area (Å²) in [6, 6.07) is 0.392. The van der Waals surface area contributed by atoms with Crippen LogP contribution in [-0.4, -0.2) is 42.9 Å². The van der Waals surface area contributed by atoms with E-state index in [4.69, 9.17) is 16.6 Å². The van der Waals surface area contributed by atoms with E-state index in [1.165, 1.54) is 0 Å². The molecule has 2 unspecified atom stereocenters. The van der Waals surface area contributed by atoms with Crippen molar-refractivity contribution in [1.29, 1.82) is 0 Å². The van der Waals surface area contributed by atoms with Gasteiger partial charge < -0.3 is 27.2 Å². The number of hydrogen-bond acceptors (Lipinski definition) is 4. The number of carboxylic acid groups (broad SMARTS) is 1. The van der Waals surface area contributed by atoms with Crippen molar-refractivity contribution < 1.29 is 9.90 Å². The van der Waals surface area contributed by atoms with E-state index in [1.807, 2.05) is 0 Å². The molecule has 1 aliphatic rings. The third-order valence-corrected chi connectivity index (χ3v) is 3.00. The van der Waals surface area contributed by atoms with Gasteiger partial charge in [0.2, 0.25) is 0 Å². The van der Waals surface area contributed by atoms with Crippen LogP contribution in [0.25, 0.3) is 0 Å². The molecule has 1 fully saturated rings. The Labute approximate surface area is 95.8 Å². The van der Waals surface area contributed by atoms with Crippen molar-refractivity contribution in [2.45, 2.75) is 31.3 Å². The maximum absolute atomic E-state index is 10.1. The summed E-state index contributed by atoms with van der Waals surface area (Å²) < 4.78 is 0. The molecule has 6 nitrogen and oxygen atoms in total. The molecule has 0 heterocycles. The molecule has 0 aliphatic heterocycles. The third-order valence-electron chi connectivity index (χ3n) is 3.00. The summed E-state index contributed by atoms with van der Waals surface area (Å²) in [5.41, 5.74) is 11.4. The Morgan fingerprint density at radius 1 is 1.12 bits per heavy atom. The molecule has 16 heavy (non-hydrogen) atoms. The van der Waals surface area contributed by atoms with Crippen molar-refractivity contribution in [1.82, 2.24) is 10.6 Å². The zero-order valence-electron chi connectivity index (χ0n) is 9.48. The fourth-order valence-corrected chi connectivity index (χ4v) is 1.78. The molecule has 2 atom stereocenters. The largest absolute Gasteiger partial charge is 0.465 e. The number of nitrogens with two attached hydrogens (primary N) is 2. The summed E-state index contributed by atoms with van der Waals surface area (Å²) in [7, 11) is 0. The van der Waals surface area contributed by atoms with Gasteiger partial charge in [-0.05, 0) is 38.3 Å². The number of unbranched alkanes of at least 4 members (excludes halogenated alkanes) is 1. The van der Waals surface area contributed by atoms with E-state index in [0.717, 1.165) is 32.4 Å². The minimum absolute atomic E-state index is 0.196. The molecule has 0 aromatic heterocycles. The minimum Gasteiger partial charge on any atom is -0.465 e. The lowest BCUT2D eigenvalue weighted by Crippen LogP contribution is -2.23. The Hall–Kier alpha value is -0.850. The first kappa shape index (κ1) is 13.2. The predicted octanol–water partition coefficient (Wildman–Crippen LogP) is -0.702. The van der Waals surface area contributed by atoms with Crippen molar-refractivity contribution in [2.75, 3.05) is 19.6 Å². The van der Waals surface area contributed by atoms with Crippen LogP contribution in [0.3, 0.4) is 0 Å². The molecule has 0 radical (unpaired) electrons. The van der Waals surface area contributed by atoms with Crippen molar-refractivity contribution in [3.8, 4) is 0 Å². The highest BCUT2D eigenvalue weighted by Gasteiger charge is 2.43. The van der Waals surface area contributed by atoms with Crippen LogP contribution in [0.1, 0.15) is 19.3 Å². The van der Waals surface area contributed by atoms with Gasteiger partial charge in [-0.3, -0.25) is 0 Å². The van der Waals surface area contributed by atoms with Gasteiger partial charge in [0.15, 0.2) is 0 Å². The molecule has 0 spiro atoms. The fraction of sp³-hybridized carbons (Fsp3) is 0.900. The smallest absolute Gasteiger partial charge is 0.404 e. The van der Waals surface area contributed by atoms with Crippen molar-refractivity contribution in [3.63, 3.8) is 0 Å². The van der Waals surface area contributed by atoms with Crippen LogP contribution in [0.15, 0.2) is 0 Å².